The van der Waals surface area contributed by atoms with Crippen LogP contribution >= 0.6 is 15.9 Å². The van der Waals surface area contributed by atoms with Crippen LogP contribution < -0.4 is 9.64 Å². The first kappa shape index (κ1) is 19.4. The number of rotatable bonds is 5. The Labute approximate surface area is 170 Å². The topological polar surface area (TPSA) is 65.8 Å². The molecule has 1 aromatic heterocycles. The first-order valence-electron chi connectivity index (χ1n) is 9.03. The number of ether oxygens (including phenoxy) is 3. The molecule has 0 aliphatic carbocycles. The average molecular weight is 454 g/mol. The van der Waals surface area contributed by atoms with E-state index in [1.165, 1.54) is 6.07 Å². The summed E-state index contributed by atoms with van der Waals surface area (Å²) in [6, 6.07) is 3.02. The van der Waals surface area contributed by atoms with Crippen LogP contribution in [0.2, 0.25) is 0 Å². The SMILES string of the molecule is Cc1nn(C)c(COC2COC2)c1CN1C(=O)[C@@H](C)Oc2c(F)cc(Br)cc21. The van der Waals surface area contributed by atoms with Crippen molar-refractivity contribution in [3.63, 3.8) is 0 Å². The Morgan fingerprint density at radius 1 is 1.39 bits per heavy atom. The Morgan fingerprint density at radius 3 is 2.82 bits per heavy atom. The maximum absolute atomic E-state index is 14.4. The van der Waals surface area contributed by atoms with E-state index in [1.807, 2.05) is 14.0 Å². The van der Waals surface area contributed by atoms with Crippen LogP contribution in [0.25, 0.3) is 0 Å². The van der Waals surface area contributed by atoms with Crippen molar-refractivity contribution in [1.82, 2.24) is 9.78 Å². The number of hydrogen-bond donors (Lipinski definition) is 0. The van der Waals surface area contributed by atoms with Crippen LogP contribution in [0.4, 0.5) is 10.1 Å². The number of hydrogen-bond acceptors (Lipinski definition) is 5. The standard InChI is InChI=1S/C19H21BrFN3O4/c1-10-14(17(23(3)22-10)9-27-13-7-26-8-13)6-24-16-5-12(20)4-15(21)18(16)28-11(2)19(24)25/h4-5,11,13H,6-9H2,1-3H3/t11-/m1/s1. The van der Waals surface area contributed by atoms with Crippen molar-refractivity contribution in [2.75, 3.05) is 18.1 Å². The minimum absolute atomic E-state index is 0.0823. The van der Waals surface area contributed by atoms with E-state index in [1.54, 1.807) is 22.6 Å². The highest BCUT2D eigenvalue weighted by atomic mass is 79.9. The molecule has 1 amide bonds. The second-order valence-electron chi connectivity index (χ2n) is 7.03. The quantitative estimate of drug-likeness (QED) is 0.696. The van der Waals surface area contributed by atoms with E-state index >= 15 is 0 Å². The largest absolute Gasteiger partial charge is 0.476 e. The number of carbonyl (C=O) groups is 1. The van der Waals surface area contributed by atoms with Crippen molar-refractivity contribution >= 4 is 27.5 Å². The molecule has 3 heterocycles. The van der Waals surface area contributed by atoms with E-state index in [4.69, 9.17) is 14.2 Å². The van der Waals surface area contributed by atoms with Crippen molar-refractivity contribution in [2.45, 2.75) is 39.2 Å². The lowest BCUT2D eigenvalue weighted by atomic mass is 10.1. The van der Waals surface area contributed by atoms with Gasteiger partial charge in [-0.1, -0.05) is 15.9 Å². The predicted molar refractivity (Wildman–Crippen MR) is 103 cm³/mol. The smallest absolute Gasteiger partial charge is 0.268 e. The summed E-state index contributed by atoms with van der Waals surface area (Å²) in [5.74, 6) is -0.654. The summed E-state index contributed by atoms with van der Waals surface area (Å²) in [5, 5.41) is 4.49. The highest BCUT2D eigenvalue weighted by Crippen LogP contribution is 2.40. The summed E-state index contributed by atoms with van der Waals surface area (Å²) >= 11 is 3.30. The van der Waals surface area contributed by atoms with Crippen molar-refractivity contribution in [2.24, 2.45) is 7.05 Å². The lowest BCUT2D eigenvalue weighted by Gasteiger charge is -2.33. The zero-order chi connectivity index (χ0) is 20.0. The van der Waals surface area contributed by atoms with Gasteiger partial charge in [0.05, 0.1) is 43.4 Å². The van der Waals surface area contributed by atoms with Crippen LogP contribution in [0.3, 0.4) is 0 Å². The van der Waals surface area contributed by atoms with Gasteiger partial charge in [-0.3, -0.25) is 9.48 Å². The maximum atomic E-state index is 14.4. The highest BCUT2D eigenvalue weighted by molar-refractivity contribution is 9.10. The number of aryl methyl sites for hydroxylation is 2. The molecule has 2 aromatic rings. The number of fused-ring (bicyclic) bond motifs is 1. The highest BCUT2D eigenvalue weighted by Gasteiger charge is 2.35. The summed E-state index contributed by atoms with van der Waals surface area (Å²) < 4.78 is 33.2. The van der Waals surface area contributed by atoms with Crippen molar-refractivity contribution < 1.29 is 23.4 Å². The molecule has 150 valence electrons. The van der Waals surface area contributed by atoms with Crippen LogP contribution in [0, 0.1) is 12.7 Å². The zero-order valence-corrected chi connectivity index (χ0v) is 17.5. The fraction of sp³-hybridized carbons (Fsp3) is 0.474. The molecule has 0 bridgehead atoms. The number of carbonyl (C=O) groups excluding carboxylic acids is 1. The molecule has 9 heteroatoms. The fourth-order valence-corrected chi connectivity index (χ4v) is 3.81. The number of amides is 1. The Morgan fingerprint density at radius 2 is 2.14 bits per heavy atom. The normalized spacial score (nSPS) is 19.4. The maximum Gasteiger partial charge on any atom is 0.268 e. The molecule has 0 saturated carbocycles. The van der Waals surface area contributed by atoms with Crippen LogP contribution in [0.5, 0.6) is 5.75 Å². The molecule has 0 spiro atoms. The van der Waals surface area contributed by atoms with Crippen LogP contribution in [0.15, 0.2) is 16.6 Å². The summed E-state index contributed by atoms with van der Waals surface area (Å²) in [4.78, 5) is 14.4. The summed E-state index contributed by atoms with van der Waals surface area (Å²) in [6.45, 7) is 5.32. The van der Waals surface area contributed by atoms with Crippen molar-refractivity contribution in [3.8, 4) is 5.75 Å². The van der Waals surface area contributed by atoms with Gasteiger partial charge in [0.2, 0.25) is 0 Å². The van der Waals surface area contributed by atoms with E-state index in [9.17, 15) is 9.18 Å². The Kier molecular flexibility index (Phi) is 5.15. The third-order valence-corrected chi connectivity index (χ3v) is 5.50. The van der Waals surface area contributed by atoms with E-state index in [0.29, 0.717) is 30.0 Å². The molecule has 28 heavy (non-hydrogen) atoms. The van der Waals surface area contributed by atoms with Crippen LogP contribution in [-0.4, -0.2) is 41.1 Å². The van der Waals surface area contributed by atoms with Crippen molar-refractivity contribution in [1.29, 1.82) is 0 Å². The van der Waals surface area contributed by atoms with Gasteiger partial charge < -0.3 is 19.1 Å². The van der Waals surface area contributed by atoms with Crippen LogP contribution in [0.1, 0.15) is 23.9 Å². The first-order chi connectivity index (χ1) is 13.3. The minimum Gasteiger partial charge on any atom is -0.476 e. The minimum atomic E-state index is -0.771. The monoisotopic (exact) mass is 453 g/mol. The van der Waals surface area contributed by atoms with Gasteiger partial charge in [-0.05, 0) is 26.0 Å². The third-order valence-electron chi connectivity index (χ3n) is 5.04. The van der Waals surface area contributed by atoms with Crippen LogP contribution in [-0.2, 0) is 34.5 Å². The van der Waals surface area contributed by atoms with E-state index in [-0.39, 0.29) is 24.3 Å². The second-order valence-corrected chi connectivity index (χ2v) is 7.94. The van der Waals surface area contributed by atoms with Gasteiger partial charge >= 0.3 is 0 Å². The summed E-state index contributed by atoms with van der Waals surface area (Å²) in [5.41, 5.74) is 2.97. The Hall–Kier alpha value is -1.97. The molecule has 0 radical (unpaired) electrons. The molecular formula is C19H21BrFN3O4. The second kappa shape index (κ2) is 7.46. The summed E-state index contributed by atoms with van der Waals surface area (Å²) in [7, 11) is 1.85. The first-order valence-corrected chi connectivity index (χ1v) is 9.82. The van der Waals surface area contributed by atoms with E-state index in [2.05, 4.69) is 21.0 Å². The molecule has 1 atom stereocenters. The van der Waals surface area contributed by atoms with Gasteiger partial charge in [-0.15, -0.1) is 0 Å². The molecule has 2 aliphatic heterocycles. The molecule has 1 aromatic carbocycles. The molecule has 4 rings (SSSR count). The molecule has 2 aliphatic rings. The number of anilines is 1. The van der Waals surface area contributed by atoms with E-state index in [0.717, 1.165) is 17.0 Å². The Balaban J connectivity index is 1.68. The van der Waals surface area contributed by atoms with Gasteiger partial charge in [-0.25, -0.2) is 4.39 Å². The molecule has 0 unspecified atom stereocenters. The van der Waals surface area contributed by atoms with Gasteiger partial charge in [0.15, 0.2) is 17.7 Å². The number of nitrogens with zero attached hydrogens (tertiary/aromatic N) is 3. The fourth-order valence-electron chi connectivity index (χ4n) is 3.39. The van der Waals surface area contributed by atoms with Gasteiger partial charge in [-0.2, -0.15) is 5.10 Å². The van der Waals surface area contributed by atoms with Gasteiger partial charge in [0.1, 0.15) is 6.10 Å². The number of benzene rings is 1. The third kappa shape index (κ3) is 3.42. The Bertz CT molecular complexity index is 928. The lowest BCUT2D eigenvalue weighted by molar-refractivity contribution is -0.136. The van der Waals surface area contributed by atoms with Gasteiger partial charge in [0, 0.05) is 17.1 Å². The number of aromatic nitrogens is 2. The zero-order valence-electron chi connectivity index (χ0n) is 15.9. The van der Waals surface area contributed by atoms with E-state index < -0.39 is 11.9 Å². The average Bonchev–Trinajstić information content (AvgIpc) is 2.85. The molecule has 0 N–H and O–H groups in total. The molecule has 1 fully saturated rings. The predicted octanol–water partition coefficient (Wildman–Crippen LogP) is 2.86. The molecule has 1 saturated heterocycles. The number of halogens is 2. The summed E-state index contributed by atoms with van der Waals surface area (Å²) in [6.07, 6.45) is -0.689. The molecular weight excluding hydrogens is 433 g/mol. The van der Waals surface area contributed by atoms with Gasteiger partial charge in [0.25, 0.3) is 5.91 Å². The van der Waals surface area contributed by atoms with Crippen molar-refractivity contribution in [3.05, 3.63) is 39.4 Å². The lowest BCUT2D eigenvalue weighted by Crippen LogP contribution is -2.44. The molecule has 7 nitrogen and oxygen atoms in total.